The summed E-state index contributed by atoms with van der Waals surface area (Å²) in [6, 6.07) is 6.34. The highest BCUT2D eigenvalue weighted by molar-refractivity contribution is 8.54. The molecule has 0 aliphatic carbocycles. The first-order valence-electron chi connectivity index (χ1n) is 19.3. The molecular weight excluding hydrogens is 856 g/mol. The molecule has 3 fully saturated rings. The summed E-state index contributed by atoms with van der Waals surface area (Å²) in [4.78, 5) is 60.9. The number of phosphoric ester groups is 1. The minimum absolute atomic E-state index is 0.00371. The Kier molecular flexibility index (Phi) is 14.2. The largest absolute Gasteiger partial charge is 0.472 e. The summed E-state index contributed by atoms with van der Waals surface area (Å²) in [5, 5.41) is 0. The van der Waals surface area contributed by atoms with Crippen LogP contribution in [0.2, 0.25) is 0 Å². The van der Waals surface area contributed by atoms with Crippen molar-refractivity contribution in [2.45, 2.75) is 113 Å². The Morgan fingerprint density at radius 3 is 2.45 bits per heavy atom. The number of ketones is 1. The number of fused-ring (bicyclic) bond motifs is 4. The number of unbranched alkanes of at least 4 members (excludes halogenated alkanes) is 5. The topological polar surface area (TPSA) is 243 Å². The van der Waals surface area contributed by atoms with Gasteiger partial charge in [0.15, 0.2) is 42.0 Å². The Morgan fingerprint density at radius 2 is 1.68 bits per heavy atom. The van der Waals surface area contributed by atoms with Crippen LogP contribution in [0.25, 0.3) is 11.2 Å². The van der Waals surface area contributed by atoms with Crippen molar-refractivity contribution in [2.24, 2.45) is 0 Å². The number of nitrogens with two attached hydrogens (primary N) is 1. The van der Waals surface area contributed by atoms with Crippen molar-refractivity contribution in [3.05, 3.63) is 54.8 Å². The van der Waals surface area contributed by atoms with Crippen LogP contribution in [0.15, 0.2) is 49.2 Å². The molecule has 3 aromatic rings. The molecule has 0 saturated carbocycles. The molecular formula is C36H44F2N6O13P2S. The number of nitrogen functional groups attached to an aromatic ring is 1. The van der Waals surface area contributed by atoms with Crippen molar-refractivity contribution in [1.29, 1.82) is 0 Å². The Bertz CT molecular complexity index is 2170. The molecule has 6 heterocycles. The number of hydrogen-bond acceptors (Lipinski definition) is 17. The standard InChI is InChI=1S/C36H44F2N6O13P2S/c1-2-3-4-5-6-7-8-27(47)53-23-11-9-21(10-12-23)18-60-59(50)52-16-24-28(37)32(36(54-24)43-14-13-22(45)15-26(43)46)56-58(48,49)51-17-25-31(57-59)29(38)35(55-25)44-20-42-30-33(39)40-19-41-34(30)44/h9-14,19-20,24-25,28-29,31-32,35-36H,2-8,15-18H2,1H3,(H,48,49)(H2,39,40,41)/t24-,25-,28-,29-,31-,32-,35-,36-,59?/m1/s1. The molecule has 326 valence electrons. The van der Waals surface area contributed by atoms with E-state index >= 15 is 8.78 Å². The van der Waals surface area contributed by atoms with Crippen molar-refractivity contribution in [1.82, 2.24) is 24.4 Å². The maximum Gasteiger partial charge on any atom is 0.472 e. The Hall–Kier alpha value is -3.69. The first kappa shape index (κ1) is 44.4. The molecule has 4 aliphatic rings. The lowest BCUT2D eigenvalue weighted by atomic mass is 10.1. The van der Waals surface area contributed by atoms with Gasteiger partial charge in [0.2, 0.25) is 5.91 Å². The number of imidazole rings is 1. The van der Waals surface area contributed by atoms with Crippen molar-refractivity contribution in [3.63, 3.8) is 0 Å². The van der Waals surface area contributed by atoms with Gasteiger partial charge in [-0.15, -0.1) is 0 Å². The highest BCUT2D eigenvalue weighted by Crippen LogP contribution is 2.64. The lowest BCUT2D eigenvalue weighted by Gasteiger charge is -2.31. The summed E-state index contributed by atoms with van der Waals surface area (Å²) in [6.07, 6.45) is -4.61. The molecule has 2 unspecified atom stereocenters. The highest BCUT2D eigenvalue weighted by Gasteiger charge is 2.56. The van der Waals surface area contributed by atoms with Gasteiger partial charge in [-0.25, -0.2) is 32.9 Å². The molecule has 0 spiro atoms. The van der Waals surface area contributed by atoms with Crippen LogP contribution in [0.5, 0.6) is 5.75 Å². The first-order valence-corrected chi connectivity index (χ1v) is 23.9. The molecule has 60 heavy (non-hydrogen) atoms. The van der Waals surface area contributed by atoms with Crippen LogP contribution >= 0.6 is 26.0 Å². The molecule has 2 aromatic heterocycles. The number of ether oxygens (including phenoxy) is 3. The van der Waals surface area contributed by atoms with Crippen LogP contribution < -0.4 is 10.5 Å². The monoisotopic (exact) mass is 900 g/mol. The van der Waals surface area contributed by atoms with E-state index in [1.165, 1.54) is 10.9 Å². The number of nitrogens with zero attached hydrogens (tertiary/aromatic N) is 5. The molecule has 1 amide bonds. The van der Waals surface area contributed by atoms with E-state index in [9.17, 15) is 28.4 Å². The molecule has 10 atom stereocenters. The smallest absolute Gasteiger partial charge is 0.427 e. The summed E-state index contributed by atoms with van der Waals surface area (Å²) in [5.41, 5.74) is 6.68. The normalized spacial score (nSPS) is 32.4. The zero-order chi connectivity index (χ0) is 42.6. The van der Waals surface area contributed by atoms with Gasteiger partial charge in [-0.2, -0.15) is 0 Å². The Labute approximate surface area is 346 Å². The van der Waals surface area contributed by atoms with Gasteiger partial charge in [-0.3, -0.25) is 41.9 Å². The van der Waals surface area contributed by atoms with Crippen molar-refractivity contribution in [3.8, 4) is 5.75 Å². The van der Waals surface area contributed by atoms with Gasteiger partial charge >= 0.3 is 20.6 Å². The quantitative estimate of drug-likeness (QED) is 0.0693. The Balaban J connectivity index is 1.12. The van der Waals surface area contributed by atoms with Crippen molar-refractivity contribution >= 4 is 60.6 Å². The molecule has 2 bridgehead atoms. The van der Waals surface area contributed by atoms with E-state index in [0.29, 0.717) is 29.1 Å². The van der Waals surface area contributed by atoms with Gasteiger partial charge in [0.1, 0.15) is 42.0 Å². The molecule has 24 heteroatoms. The third-order valence-electron chi connectivity index (χ3n) is 10.1. The second kappa shape index (κ2) is 19.1. The predicted molar refractivity (Wildman–Crippen MR) is 208 cm³/mol. The number of esters is 1. The zero-order valence-corrected chi connectivity index (χ0v) is 34.8. The number of benzene rings is 1. The fourth-order valence-electron chi connectivity index (χ4n) is 6.98. The van der Waals surface area contributed by atoms with Crippen LogP contribution in [0, 0.1) is 0 Å². The number of rotatable bonds is 13. The fourth-order valence-corrected chi connectivity index (χ4v) is 11.3. The van der Waals surface area contributed by atoms with Crippen LogP contribution in [0.4, 0.5) is 14.6 Å². The third kappa shape index (κ3) is 10.3. The van der Waals surface area contributed by atoms with Crippen molar-refractivity contribution < 1.29 is 69.5 Å². The van der Waals surface area contributed by atoms with Gasteiger partial charge in [-0.05, 0) is 41.6 Å². The zero-order valence-electron chi connectivity index (χ0n) is 32.2. The number of carbonyl (C=O) groups is 3. The van der Waals surface area contributed by atoms with E-state index in [-0.39, 0.29) is 35.1 Å². The summed E-state index contributed by atoms with van der Waals surface area (Å²) in [7, 11) is -5.27. The maximum absolute atomic E-state index is 16.7. The minimum atomic E-state index is -5.27. The van der Waals surface area contributed by atoms with E-state index in [1.807, 2.05) is 0 Å². The predicted octanol–water partition coefficient (Wildman–Crippen LogP) is 5.64. The first-order chi connectivity index (χ1) is 28.7. The number of carbonyl (C=O) groups excluding carboxylic acids is 3. The summed E-state index contributed by atoms with van der Waals surface area (Å²) >= 11 is 0.616. The number of amides is 1. The van der Waals surface area contributed by atoms with E-state index in [0.717, 1.165) is 55.6 Å². The SMILES string of the molecule is CCCCCCCCC(=O)Oc1ccc(CSP2(=O)OC[C@H]3O[C@@H](N4C=CC(=O)CC4=O)[C@H](OP(=O)(O)OC[C@H]4O[C@@H](n5cnc6c(N)ncnc65)[C@H](F)[C@@H]4O2)[C@@H]3F)cc1. The molecule has 7 rings (SSSR count). The van der Waals surface area contributed by atoms with E-state index in [1.54, 1.807) is 24.3 Å². The molecule has 3 saturated heterocycles. The van der Waals surface area contributed by atoms with Gasteiger partial charge in [-0.1, -0.05) is 51.2 Å². The van der Waals surface area contributed by atoms with Gasteiger partial charge in [0, 0.05) is 18.4 Å². The van der Waals surface area contributed by atoms with Gasteiger partial charge in [0.25, 0.3) is 0 Å². The Morgan fingerprint density at radius 1 is 0.950 bits per heavy atom. The molecule has 3 N–H and O–H groups in total. The number of aromatic nitrogens is 4. The summed E-state index contributed by atoms with van der Waals surface area (Å²) in [6.45, 7) is -4.23. The number of alkyl halides is 2. The van der Waals surface area contributed by atoms with E-state index in [2.05, 4.69) is 21.9 Å². The fraction of sp³-hybridized carbons (Fsp3) is 0.556. The van der Waals surface area contributed by atoms with Crippen molar-refractivity contribution in [2.75, 3.05) is 18.9 Å². The second-order valence-electron chi connectivity index (χ2n) is 14.4. The number of allylic oxidation sites excluding steroid dienone is 1. The van der Waals surface area contributed by atoms with Crippen LogP contribution in [-0.2, 0) is 56.8 Å². The van der Waals surface area contributed by atoms with Crippen LogP contribution in [0.1, 0.15) is 70.1 Å². The molecule has 4 aliphatic heterocycles. The summed E-state index contributed by atoms with van der Waals surface area (Å²) in [5.74, 6) is -1.51. The minimum Gasteiger partial charge on any atom is -0.427 e. The number of halogens is 2. The van der Waals surface area contributed by atoms with E-state index < -0.39 is 95.2 Å². The average Bonchev–Trinajstić information content (AvgIpc) is 3.87. The summed E-state index contributed by atoms with van der Waals surface area (Å²) < 4.78 is 102. The third-order valence-corrected chi connectivity index (χ3v) is 14.7. The van der Waals surface area contributed by atoms with E-state index in [4.69, 9.17) is 38.0 Å². The maximum atomic E-state index is 16.7. The average molecular weight is 901 g/mol. The lowest BCUT2D eigenvalue weighted by Crippen LogP contribution is -2.46. The van der Waals surface area contributed by atoms with Crippen LogP contribution in [0.3, 0.4) is 0 Å². The molecule has 19 nitrogen and oxygen atoms in total. The molecule has 1 aromatic carbocycles. The van der Waals surface area contributed by atoms with Crippen LogP contribution in [-0.4, -0.2) is 103 Å². The number of anilines is 1. The number of hydrogen-bond donors (Lipinski definition) is 2. The number of phosphoric acid groups is 1. The lowest BCUT2D eigenvalue weighted by molar-refractivity contribution is -0.148. The molecule has 0 radical (unpaired) electrons. The highest BCUT2D eigenvalue weighted by atomic mass is 32.7. The second-order valence-corrected chi connectivity index (χ2v) is 19.9. The van der Waals surface area contributed by atoms with Gasteiger partial charge < -0.3 is 24.8 Å². The van der Waals surface area contributed by atoms with Gasteiger partial charge in [0.05, 0.1) is 26.0 Å².